The average Bonchev–Trinajstić information content (AvgIpc) is 3.02. The highest BCUT2D eigenvalue weighted by atomic mass is 35.5. The molecule has 1 saturated heterocycles. The van der Waals surface area contributed by atoms with Gasteiger partial charge in [0.2, 0.25) is 0 Å². The van der Waals surface area contributed by atoms with Crippen molar-refractivity contribution in [2.45, 2.75) is 25.8 Å². The first-order valence-corrected chi connectivity index (χ1v) is 8.07. The topological polar surface area (TPSA) is 39.7 Å². The molecule has 0 aliphatic carbocycles. The van der Waals surface area contributed by atoms with E-state index in [0.29, 0.717) is 19.1 Å². The summed E-state index contributed by atoms with van der Waals surface area (Å²) in [5.41, 5.74) is 1.09. The summed E-state index contributed by atoms with van der Waals surface area (Å²) in [7, 11) is 0. The van der Waals surface area contributed by atoms with Gasteiger partial charge < -0.3 is 19.5 Å². The van der Waals surface area contributed by atoms with E-state index in [2.05, 4.69) is 12.2 Å². The van der Waals surface area contributed by atoms with Crippen LogP contribution in [-0.2, 0) is 4.74 Å². The van der Waals surface area contributed by atoms with Crippen molar-refractivity contribution in [1.29, 1.82) is 0 Å². The maximum atomic E-state index is 6.50. The van der Waals surface area contributed by atoms with E-state index >= 15 is 0 Å². The fourth-order valence-electron chi connectivity index (χ4n) is 2.96. The molecule has 2 aliphatic heterocycles. The predicted molar refractivity (Wildman–Crippen MR) is 82.4 cm³/mol. The Morgan fingerprint density at radius 1 is 1.24 bits per heavy atom. The fourth-order valence-corrected chi connectivity index (χ4v) is 3.24. The molecule has 1 aromatic carbocycles. The van der Waals surface area contributed by atoms with Crippen molar-refractivity contribution in [2.75, 3.05) is 33.0 Å². The Kier molecular flexibility index (Phi) is 4.88. The van der Waals surface area contributed by atoms with Crippen molar-refractivity contribution in [3.63, 3.8) is 0 Å². The first-order chi connectivity index (χ1) is 10.3. The molecule has 1 fully saturated rings. The summed E-state index contributed by atoms with van der Waals surface area (Å²) in [6, 6.07) is 4.11. The third-order valence-electron chi connectivity index (χ3n) is 4.05. The lowest BCUT2D eigenvalue weighted by atomic mass is 9.91. The molecule has 2 heterocycles. The number of hydrogen-bond acceptors (Lipinski definition) is 4. The summed E-state index contributed by atoms with van der Waals surface area (Å²) in [6.45, 7) is 5.92. The number of fused-ring (bicyclic) bond motifs is 1. The average molecular weight is 312 g/mol. The SMILES string of the molecule is CCCNC(c1cc2c(cc1Cl)OCCO2)C1CCOC1. The Morgan fingerprint density at radius 3 is 2.67 bits per heavy atom. The largest absolute Gasteiger partial charge is 0.486 e. The summed E-state index contributed by atoms with van der Waals surface area (Å²) in [5.74, 6) is 1.99. The zero-order valence-corrected chi connectivity index (χ0v) is 13.1. The first-order valence-electron chi connectivity index (χ1n) is 7.69. The monoisotopic (exact) mass is 311 g/mol. The van der Waals surface area contributed by atoms with Gasteiger partial charge in [-0.25, -0.2) is 0 Å². The number of halogens is 1. The van der Waals surface area contributed by atoms with Gasteiger partial charge in [0.05, 0.1) is 6.61 Å². The minimum Gasteiger partial charge on any atom is -0.486 e. The van der Waals surface area contributed by atoms with Gasteiger partial charge in [0, 0.05) is 29.7 Å². The molecule has 0 radical (unpaired) electrons. The molecule has 1 aromatic rings. The van der Waals surface area contributed by atoms with Gasteiger partial charge in [-0.2, -0.15) is 0 Å². The molecule has 4 nitrogen and oxygen atoms in total. The zero-order chi connectivity index (χ0) is 14.7. The molecule has 116 valence electrons. The van der Waals surface area contributed by atoms with E-state index in [1.165, 1.54) is 0 Å². The van der Waals surface area contributed by atoms with Crippen LogP contribution in [0.15, 0.2) is 12.1 Å². The molecular weight excluding hydrogens is 290 g/mol. The van der Waals surface area contributed by atoms with E-state index in [4.69, 9.17) is 25.8 Å². The van der Waals surface area contributed by atoms with Crippen LogP contribution in [0.4, 0.5) is 0 Å². The van der Waals surface area contributed by atoms with Crippen LogP contribution in [0.5, 0.6) is 11.5 Å². The Morgan fingerprint density at radius 2 is 2.00 bits per heavy atom. The van der Waals surface area contributed by atoms with Crippen molar-refractivity contribution in [1.82, 2.24) is 5.32 Å². The van der Waals surface area contributed by atoms with Crippen molar-refractivity contribution in [2.24, 2.45) is 5.92 Å². The molecule has 2 unspecified atom stereocenters. The fraction of sp³-hybridized carbons (Fsp3) is 0.625. The van der Waals surface area contributed by atoms with Gasteiger partial charge >= 0.3 is 0 Å². The maximum Gasteiger partial charge on any atom is 0.162 e. The van der Waals surface area contributed by atoms with Gasteiger partial charge in [-0.15, -0.1) is 0 Å². The van der Waals surface area contributed by atoms with Crippen LogP contribution in [0.1, 0.15) is 31.4 Å². The van der Waals surface area contributed by atoms with Gasteiger partial charge in [0.25, 0.3) is 0 Å². The second-order valence-corrected chi connectivity index (χ2v) is 5.98. The summed E-state index contributed by atoms with van der Waals surface area (Å²) in [6.07, 6.45) is 2.15. The molecule has 0 amide bonds. The second-order valence-electron chi connectivity index (χ2n) is 5.57. The summed E-state index contributed by atoms with van der Waals surface area (Å²) in [4.78, 5) is 0. The minimum absolute atomic E-state index is 0.204. The van der Waals surface area contributed by atoms with E-state index < -0.39 is 0 Å². The van der Waals surface area contributed by atoms with Crippen LogP contribution in [0.2, 0.25) is 5.02 Å². The Balaban J connectivity index is 1.89. The number of nitrogens with one attached hydrogen (secondary N) is 1. The van der Waals surface area contributed by atoms with Crippen molar-refractivity contribution < 1.29 is 14.2 Å². The molecule has 21 heavy (non-hydrogen) atoms. The molecule has 0 spiro atoms. The van der Waals surface area contributed by atoms with Crippen molar-refractivity contribution >= 4 is 11.6 Å². The van der Waals surface area contributed by atoms with Crippen molar-refractivity contribution in [3.05, 3.63) is 22.7 Å². The zero-order valence-electron chi connectivity index (χ0n) is 12.4. The van der Waals surface area contributed by atoms with E-state index in [0.717, 1.165) is 54.7 Å². The Labute approximate surface area is 130 Å². The predicted octanol–water partition coefficient (Wildman–Crippen LogP) is 3.19. The lowest BCUT2D eigenvalue weighted by molar-refractivity contribution is 0.169. The van der Waals surface area contributed by atoms with Gasteiger partial charge in [-0.1, -0.05) is 18.5 Å². The number of rotatable bonds is 5. The molecular formula is C16H22ClNO3. The maximum absolute atomic E-state index is 6.50. The smallest absolute Gasteiger partial charge is 0.162 e. The lowest BCUT2D eigenvalue weighted by Crippen LogP contribution is -2.30. The van der Waals surface area contributed by atoms with Crippen molar-refractivity contribution in [3.8, 4) is 11.5 Å². The van der Waals surface area contributed by atoms with Crippen LogP contribution in [0.25, 0.3) is 0 Å². The van der Waals surface area contributed by atoms with Crippen LogP contribution < -0.4 is 14.8 Å². The molecule has 0 saturated carbocycles. The van der Waals surface area contributed by atoms with E-state index in [9.17, 15) is 0 Å². The molecule has 5 heteroatoms. The van der Waals surface area contributed by atoms with Gasteiger partial charge in [0.1, 0.15) is 13.2 Å². The first kappa shape index (κ1) is 14.9. The number of ether oxygens (including phenoxy) is 3. The normalized spacial score (nSPS) is 22.3. The summed E-state index contributed by atoms with van der Waals surface area (Å²) in [5, 5.41) is 4.35. The highest BCUT2D eigenvalue weighted by Crippen LogP contribution is 2.40. The molecule has 2 aliphatic rings. The van der Waals surface area contributed by atoms with Gasteiger partial charge in [-0.3, -0.25) is 0 Å². The van der Waals surface area contributed by atoms with E-state index in [-0.39, 0.29) is 6.04 Å². The Bertz CT molecular complexity index is 489. The van der Waals surface area contributed by atoms with E-state index in [1.807, 2.05) is 12.1 Å². The van der Waals surface area contributed by atoms with Gasteiger partial charge in [-0.05, 0) is 31.0 Å². The van der Waals surface area contributed by atoms with Crippen LogP contribution in [0.3, 0.4) is 0 Å². The lowest BCUT2D eigenvalue weighted by Gasteiger charge is -2.27. The summed E-state index contributed by atoms with van der Waals surface area (Å²) < 4.78 is 16.8. The third kappa shape index (κ3) is 3.28. The molecule has 0 bridgehead atoms. The minimum atomic E-state index is 0.204. The highest BCUT2D eigenvalue weighted by molar-refractivity contribution is 6.31. The molecule has 1 N–H and O–H groups in total. The van der Waals surface area contributed by atoms with Crippen LogP contribution in [-0.4, -0.2) is 33.0 Å². The number of hydrogen-bond donors (Lipinski definition) is 1. The van der Waals surface area contributed by atoms with Crippen LogP contribution >= 0.6 is 11.6 Å². The highest BCUT2D eigenvalue weighted by Gasteiger charge is 2.29. The Hall–Kier alpha value is -0.970. The summed E-state index contributed by atoms with van der Waals surface area (Å²) >= 11 is 6.50. The van der Waals surface area contributed by atoms with Crippen LogP contribution in [0, 0.1) is 5.92 Å². The van der Waals surface area contributed by atoms with Gasteiger partial charge in [0.15, 0.2) is 11.5 Å². The standard InChI is InChI=1S/C16H22ClNO3/c1-2-4-18-16(11-3-5-19-10-11)12-8-14-15(9-13(12)17)21-7-6-20-14/h8-9,11,16,18H,2-7,10H2,1H3. The molecule has 2 atom stereocenters. The van der Waals surface area contributed by atoms with E-state index in [1.54, 1.807) is 0 Å². The molecule has 0 aromatic heterocycles. The third-order valence-corrected chi connectivity index (χ3v) is 4.37. The number of benzene rings is 1. The second kappa shape index (κ2) is 6.86. The molecule has 3 rings (SSSR count). The quantitative estimate of drug-likeness (QED) is 0.906.